The highest BCUT2D eigenvalue weighted by Crippen LogP contribution is 2.22. The summed E-state index contributed by atoms with van der Waals surface area (Å²) < 4.78 is 4.96. The van der Waals surface area contributed by atoms with E-state index in [1.54, 1.807) is 0 Å². The predicted molar refractivity (Wildman–Crippen MR) is 74.4 cm³/mol. The van der Waals surface area contributed by atoms with Crippen LogP contribution in [0.2, 0.25) is 0 Å². The van der Waals surface area contributed by atoms with Gasteiger partial charge in [-0.1, -0.05) is 34.9 Å². The number of carboxylic acid groups (broad SMARTS) is 1. The van der Waals surface area contributed by atoms with Gasteiger partial charge in [-0.15, -0.1) is 0 Å². The van der Waals surface area contributed by atoms with Crippen LogP contribution in [0.5, 0.6) is 0 Å². The molecule has 0 aromatic rings. The number of hydrogen-bond donors (Lipinski definition) is 3. The normalized spacial score (nSPS) is 13.9. The minimum atomic E-state index is -1.04. The maximum absolute atomic E-state index is 11.4. The number of carboxylic acids is 1. The van der Waals surface area contributed by atoms with E-state index in [1.165, 1.54) is 21.6 Å². The van der Waals surface area contributed by atoms with Gasteiger partial charge in [-0.3, -0.25) is 9.59 Å². The molecule has 106 valence electrons. The largest absolute Gasteiger partial charge is 0.480 e. The molecule has 0 saturated carbocycles. The van der Waals surface area contributed by atoms with Crippen LogP contribution < -0.4 is 11.5 Å². The SMILES string of the molecule is CCCCOC(=O)[C@H](N)CSSCC(N)C(=O)O. The molecule has 0 aromatic heterocycles. The Hall–Kier alpha value is -0.440. The summed E-state index contributed by atoms with van der Waals surface area (Å²) in [6, 6.07) is -1.57. The minimum Gasteiger partial charge on any atom is -0.480 e. The number of esters is 1. The third-order valence-corrected chi connectivity index (χ3v) is 4.41. The molecule has 2 atom stereocenters. The Bertz CT molecular complexity index is 266. The lowest BCUT2D eigenvalue weighted by molar-refractivity contribution is -0.144. The van der Waals surface area contributed by atoms with Crippen molar-refractivity contribution in [1.82, 2.24) is 0 Å². The Balaban J connectivity index is 3.60. The molecule has 18 heavy (non-hydrogen) atoms. The Morgan fingerprint density at radius 2 is 1.78 bits per heavy atom. The van der Waals surface area contributed by atoms with E-state index in [4.69, 9.17) is 21.3 Å². The second-order valence-corrected chi connectivity index (χ2v) is 6.19. The first-order chi connectivity index (χ1) is 8.49. The number of hydrogen-bond acceptors (Lipinski definition) is 7. The van der Waals surface area contributed by atoms with E-state index in [1.807, 2.05) is 6.92 Å². The molecule has 8 heteroatoms. The smallest absolute Gasteiger partial charge is 0.323 e. The van der Waals surface area contributed by atoms with Crippen LogP contribution in [0, 0.1) is 0 Å². The summed E-state index contributed by atoms with van der Waals surface area (Å²) in [4.78, 5) is 21.8. The molecule has 6 nitrogen and oxygen atoms in total. The van der Waals surface area contributed by atoms with E-state index >= 15 is 0 Å². The fourth-order valence-corrected chi connectivity index (χ4v) is 3.03. The molecule has 0 radical (unpaired) electrons. The van der Waals surface area contributed by atoms with Gasteiger partial charge in [0.05, 0.1) is 6.61 Å². The van der Waals surface area contributed by atoms with Gasteiger partial charge >= 0.3 is 11.9 Å². The highest BCUT2D eigenvalue weighted by Gasteiger charge is 2.16. The second kappa shape index (κ2) is 10.5. The molecule has 0 amide bonds. The summed E-state index contributed by atoms with van der Waals surface area (Å²) >= 11 is 0. The summed E-state index contributed by atoms with van der Waals surface area (Å²) in [6.07, 6.45) is 1.79. The van der Waals surface area contributed by atoms with E-state index in [-0.39, 0.29) is 5.75 Å². The van der Waals surface area contributed by atoms with Crippen LogP contribution in [-0.4, -0.2) is 47.2 Å². The fourth-order valence-electron chi connectivity index (χ4n) is 0.806. The van der Waals surface area contributed by atoms with E-state index in [9.17, 15) is 9.59 Å². The van der Waals surface area contributed by atoms with Crippen molar-refractivity contribution in [2.45, 2.75) is 31.8 Å². The van der Waals surface area contributed by atoms with E-state index in [2.05, 4.69) is 0 Å². The molecule has 0 spiro atoms. The lowest BCUT2D eigenvalue weighted by Crippen LogP contribution is -2.35. The van der Waals surface area contributed by atoms with Crippen LogP contribution in [0.15, 0.2) is 0 Å². The lowest BCUT2D eigenvalue weighted by Gasteiger charge is -2.11. The van der Waals surface area contributed by atoms with Crippen LogP contribution >= 0.6 is 21.6 Å². The Morgan fingerprint density at radius 1 is 1.22 bits per heavy atom. The Morgan fingerprint density at radius 3 is 2.28 bits per heavy atom. The van der Waals surface area contributed by atoms with Crippen molar-refractivity contribution in [3.8, 4) is 0 Å². The number of aliphatic carboxylic acids is 1. The van der Waals surface area contributed by atoms with Crippen LogP contribution in [0.1, 0.15) is 19.8 Å². The third-order valence-electron chi connectivity index (χ3n) is 1.94. The zero-order chi connectivity index (χ0) is 14.0. The van der Waals surface area contributed by atoms with Gasteiger partial charge in [-0.05, 0) is 6.42 Å². The topological polar surface area (TPSA) is 116 Å². The maximum Gasteiger partial charge on any atom is 0.323 e. The zero-order valence-corrected chi connectivity index (χ0v) is 12.0. The summed E-state index contributed by atoms with van der Waals surface area (Å²) in [5.41, 5.74) is 10.9. The molecule has 0 aliphatic rings. The van der Waals surface area contributed by atoms with E-state index < -0.39 is 24.0 Å². The van der Waals surface area contributed by atoms with Crippen molar-refractivity contribution >= 4 is 33.5 Å². The van der Waals surface area contributed by atoms with Gasteiger partial charge in [0, 0.05) is 11.5 Å². The van der Waals surface area contributed by atoms with Crippen LogP contribution in [0.25, 0.3) is 0 Å². The molecule has 0 saturated heterocycles. The van der Waals surface area contributed by atoms with Crippen LogP contribution in [0.3, 0.4) is 0 Å². The van der Waals surface area contributed by atoms with Gasteiger partial charge in [0.25, 0.3) is 0 Å². The fraction of sp³-hybridized carbons (Fsp3) is 0.800. The first-order valence-corrected chi connectivity index (χ1v) is 8.12. The average Bonchev–Trinajstić information content (AvgIpc) is 2.33. The molecular weight excluding hydrogens is 276 g/mol. The summed E-state index contributed by atoms with van der Waals surface area (Å²) in [5, 5.41) is 8.55. The van der Waals surface area contributed by atoms with E-state index in [0.717, 1.165) is 12.8 Å². The van der Waals surface area contributed by atoms with Crippen LogP contribution in [-0.2, 0) is 14.3 Å². The minimum absolute atomic E-state index is 0.275. The Labute approximate surface area is 115 Å². The molecule has 0 heterocycles. The summed E-state index contributed by atoms with van der Waals surface area (Å²) in [5.74, 6) is -0.801. The van der Waals surface area contributed by atoms with Crippen molar-refractivity contribution in [2.24, 2.45) is 11.5 Å². The Kier molecular flexibility index (Phi) is 10.2. The summed E-state index contributed by atoms with van der Waals surface area (Å²) in [6.45, 7) is 2.40. The van der Waals surface area contributed by atoms with Gasteiger partial charge in [-0.25, -0.2) is 0 Å². The van der Waals surface area contributed by atoms with Crippen molar-refractivity contribution in [1.29, 1.82) is 0 Å². The van der Waals surface area contributed by atoms with Crippen molar-refractivity contribution in [3.63, 3.8) is 0 Å². The number of nitrogens with two attached hydrogens (primary N) is 2. The van der Waals surface area contributed by atoms with Gasteiger partial charge in [0.1, 0.15) is 12.1 Å². The molecule has 0 fully saturated rings. The number of carbonyl (C=O) groups excluding carboxylic acids is 1. The monoisotopic (exact) mass is 296 g/mol. The zero-order valence-electron chi connectivity index (χ0n) is 10.3. The second-order valence-electron chi connectivity index (χ2n) is 3.64. The highest BCUT2D eigenvalue weighted by atomic mass is 33.1. The van der Waals surface area contributed by atoms with Crippen molar-refractivity contribution in [2.75, 3.05) is 18.1 Å². The van der Waals surface area contributed by atoms with Crippen molar-refractivity contribution < 1.29 is 19.4 Å². The molecular formula is C10H20N2O4S2. The highest BCUT2D eigenvalue weighted by molar-refractivity contribution is 8.76. The van der Waals surface area contributed by atoms with Crippen LogP contribution in [0.4, 0.5) is 0 Å². The summed E-state index contributed by atoms with van der Waals surface area (Å²) in [7, 11) is 2.61. The molecule has 0 aromatic carbocycles. The van der Waals surface area contributed by atoms with Gasteiger partial charge in [0.15, 0.2) is 0 Å². The molecule has 5 N–H and O–H groups in total. The number of ether oxygens (including phenoxy) is 1. The quantitative estimate of drug-likeness (QED) is 0.302. The third kappa shape index (κ3) is 8.62. The molecule has 0 rings (SSSR count). The maximum atomic E-state index is 11.4. The predicted octanol–water partition coefficient (Wildman–Crippen LogP) is 0.450. The van der Waals surface area contributed by atoms with Gasteiger partial charge in [0.2, 0.25) is 0 Å². The first-order valence-electron chi connectivity index (χ1n) is 5.64. The standard InChI is InChI=1S/C10H20N2O4S2/c1-2-3-4-16-10(15)8(12)6-18-17-5-7(11)9(13)14/h7-8H,2-6,11-12H2,1H3,(H,13,14)/t7?,8-/m1/s1. The number of rotatable bonds is 10. The first kappa shape index (κ1) is 17.6. The van der Waals surface area contributed by atoms with Gasteiger partial charge < -0.3 is 21.3 Å². The molecule has 1 unspecified atom stereocenters. The number of unbranched alkanes of at least 4 members (excludes halogenated alkanes) is 1. The molecule has 0 aliphatic carbocycles. The molecule has 0 bridgehead atoms. The lowest BCUT2D eigenvalue weighted by atomic mass is 10.3. The molecule has 0 aliphatic heterocycles. The van der Waals surface area contributed by atoms with Crippen molar-refractivity contribution in [3.05, 3.63) is 0 Å². The average molecular weight is 296 g/mol. The number of carbonyl (C=O) groups is 2. The van der Waals surface area contributed by atoms with Gasteiger partial charge in [-0.2, -0.15) is 0 Å². The van der Waals surface area contributed by atoms with E-state index in [0.29, 0.717) is 12.4 Å².